The van der Waals surface area contributed by atoms with Crippen LogP contribution in [0.1, 0.15) is 63.9 Å². The van der Waals surface area contributed by atoms with Crippen molar-refractivity contribution < 1.29 is 0 Å². The first-order valence-corrected chi connectivity index (χ1v) is 10.6. The van der Waals surface area contributed by atoms with Crippen LogP contribution in [0.3, 0.4) is 0 Å². The van der Waals surface area contributed by atoms with Crippen molar-refractivity contribution in [3.8, 4) is 0 Å². The largest absolute Gasteiger partial charge is 0.368 e. The molecule has 144 valence electrons. The molecule has 3 heteroatoms. The van der Waals surface area contributed by atoms with Crippen molar-refractivity contribution in [2.75, 3.05) is 37.6 Å². The molecule has 1 aromatic carbocycles. The lowest BCUT2D eigenvalue weighted by molar-refractivity contribution is 0.252. The Kier molecular flexibility index (Phi) is 6.69. The molecule has 1 spiro atoms. The zero-order valence-corrected chi connectivity index (χ0v) is 17.2. The normalized spacial score (nSPS) is 22.0. The highest BCUT2D eigenvalue weighted by Crippen LogP contribution is 2.56. The van der Waals surface area contributed by atoms with E-state index in [1.165, 1.54) is 95.3 Å². The van der Waals surface area contributed by atoms with Crippen LogP contribution in [0.15, 0.2) is 30.3 Å². The second-order valence-corrected chi connectivity index (χ2v) is 8.49. The van der Waals surface area contributed by atoms with Gasteiger partial charge in [-0.15, -0.1) is 12.4 Å². The van der Waals surface area contributed by atoms with Gasteiger partial charge in [0.2, 0.25) is 0 Å². The summed E-state index contributed by atoms with van der Waals surface area (Å²) >= 11 is 0. The molecular weight excluding hydrogens is 340 g/mol. The van der Waals surface area contributed by atoms with Crippen LogP contribution in [0, 0.1) is 5.41 Å². The quantitative estimate of drug-likeness (QED) is 0.583. The van der Waals surface area contributed by atoms with Crippen LogP contribution in [0.4, 0.5) is 5.69 Å². The number of unbranched alkanes of at least 4 members (excludes halogenated alkanes) is 2. The minimum Gasteiger partial charge on any atom is -0.368 e. The highest BCUT2D eigenvalue weighted by Gasteiger charge is 2.42. The van der Waals surface area contributed by atoms with E-state index in [1.807, 2.05) is 0 Å². The Labute approximate surface area is 166 Å². The first kappa shape index (κ1) is 19.8. The number of benzene rings is 1. The monoisotopic (exact) mass is 374 g/mol. The van der Waals surface area contributed by atoms with Gasteiger partial charge in [-0.3, -0.25) is 4.90 Å². The number of allylic oxidation sites excluding steroid dienone is 2. The van der Waals surface area contributed by atoms with E-state index in [4.69, 9.17) is 0 Å². The van der Waals surface area contributed by atoms with Gasteiger partial charge >= 0.3 is 0 Å². The molecule has 0 N–H and O–H groups in total. The molecule has 2 aliphatic carbocycles. The Bertz CT molecular complexity index is 612. The molecule has 0 radical (unpaired) electrons. The van der Waals surface area contributed by atoms with Crippen molar-refractivity contribution >= 4 is 23.7 Å². The van der Waals surface area contributed by atoms with Gasteiger partial charge in [-0.1, -0.05) is 44.0 Å². The molecule has 0 amide bonds. The summed E-state index contributed by atoms with van der Waals surface area (Å²) in [6, 6.07) is 9.16. The Balaban J connectivity index is 0.00000196. The molecule has 2 fully saturated rings. The van der Waals surface area contributed by atoms with E-state index in [-0.39, 0.29) is 12.4 Å². The van der Waals surface area contributed by atoms with Gasteiger partial charge in [-0.2, -0.15) is 0 Å². The number of hydrogen-bond donors (Lipinski definition) is 0. The van der Waals surface area contributed by atoms with Gasteiger partial charge < -0.3 is 4.90 Å². The average molecular weight is 375 g/mol. The number of para-hydroxylation sites is 1. The van der Waals surface area contributed by atoms with Crippen molar-refractivity contribution in [1.29, 1.82) is 0 Å². The zero-order chi connectivity index (χ0) is 17.1. The number of nitrogens with zero attached hydrogens (tertiary/aromatic N) is 2. The summed E-state index contributed by atoms with van der Waals surface area (Å²) in [6.45, 7) is 8.39. The van der Waals surface area contributed by atoms with Crippen LogP contribution in [-0.2, 0) is 0 Å². The summed E-state index contributed by atoms with van der Waals surface area (Å²) in [7, 11) is 0. The summed E-state index contributed by atoms with van der Waals surface area (Å²) < 4.78 is 0. The Morgan fingerprint density at radius 2 is 1.73 bits per heavy atom. The molecule has 0 atom stereocenters. The molecule has 1 aromatic rings. The lowest BCUT2D eigenvalue weighted by Crippen LogP contribution is -2.46. The highest BCUT2D eigenvalue weighted by atomic mass is 35.5. The molecule has 3 aliphatic rings. The summed E-state index contributed by atoms with van der Waals surface area (Å²) in [5.74, 6) is 0. The molecule has 1 saturated carbocycles. The third-order valence-corrected chi connectivity index (χ3v) is 6.70. The molecule has 4 rings (SSSR count). The first-order chi connectivity index (χ1) is 12.3. The van der Waals surface area contributed by atoms with Gasteiger partial charge in [0, 0.05) is 37.4 Å². The minimum absolute atomic E-state index is 0. The van der Waals surface area contributed by atoms with E-state index in [0.717, 1.165) is 5.41 Å². The van der Waals surface area contributed by atoms with Gasteiger partial charge in [0.05, 0.1) is 0 Å². The van der Waals surface area contributed by atoms with Crippen LogP contribution in [0.2, 0.25) is 0 Å². The van der Waals surface area contributed by atoms with Crippen LogP contribution >= 0.6 is 12.4 Å². The Morgan fingerprint density at radius 1 is 0.962 bits per heavy atom. The molecule has 0 unspecified atom stereocenters. The predicted octanol–water partition coefficient (Wildman–Crippen LogP) is 5.77. The van der Waals surface area contributed by atoms with E-state index in [9.17, 15) is 0 Å². The lowest BCUT2D eigenvalue weighted by Gasteiger charge is -2.37. The van der Waals surface area contributed by atoms with Crippen LogP contribution < -0.4 is 4.90 Å². The summed E-state index contributed by atoms with van der Waals surface area (Å²) in [6.07, 6.45) is 13.6. The van der Waals surface area contributed by atoms with E-state index in [0.29, 0.717) is 0 Å². The maximum atomic E-state index is 2.66. The summed E-state index contributed by atoms with van der Waals surface area (Å²) in [5.41, 5.74) is 5.33. The lowest BCUT2D eigenvalue weighted by atomic mass is 9.84. The SMILES string of the molecule is CCCCCN1CCN(c2ccccc2C2=CCC3(CC2)CC3)CC1.Cl. The predicted molar refractivity (Wildman–Crippen MR) is 115 cm³/mol. The van der Waals surface area contributed by atoms with Gasteiger partial charge in [-0.25, -0.2) is 0 Å². The number of hydrogen-bond acceptors (Lipinski definition) is 2. The van der Waals surface area contributed by atoms with Crippen molar-refractivity contribution in [2.45, 2.75) is 58.3 Å². The molecule has 1 aliphatic heterocycles. The molecule has 26 heavy (non-hydrogen) atoms. The average Bonchev–Trinajstić information content (AvgIpc) is 3.42. The third kappa shape index (κ3) is 4.46. The van der Waals surface area contributed by atoms with Gasteiger partial charge in [0.25, 0.3) is 0 Å². The topological polar surface area (TPSA) is 6.48 Å². The van der Waals surface area contributed by atoms with E-state index in [1.54, 1.807) is 5.57 Å². The molecule has 1 heterocycles. The smallest absolute Gasteiger partial charge is 0.0443 e. The number of anilines is 1. The fraction of sp³-hybridized carbons (Fsp3) is 0.652. The second kappa shape index (κ2) is 8.80. The number of rotatable bonds is 6. The van der Waals surface area contributed by atoms with Crippen LogP contribution in [0.5, 0.6) is 0 Å². The molecule has 0 aromatic heterocycles. The minimum atomic E-state index is 0. The van der Waals surface area contributed by atoms with Crippen LogP contribution in [-0.4, -0.2) is 37.6 Å². The fourth-order valence-corrected chi connectivity index (χ4v) is 4.64. The Morgan fingerprint density at radius 3 is 2.38 bits per heavy atom. The number of piperazine rings is 1. The first-order valence-electron chi connectivity index (χ1n) is 10.6. The van der Waals surface area contributed by atoms with Crippen molar-refractivity contribution in [2.24, 2.45) is 5.41 Å². The van der Waals surface area contributed by atoms with Crippen molar-refractivity contribution in [3.63, 3.8) is 0 Å². The highest BCUT2D eigenvalue weighted by molar-refractivity contribution is 5.85. The van der Waals surface area contributed by atoms with Gasteiger partial charge in [-0.05, 0) is 62.1 Å². The summed E-state index contributed by atoms with van der Waals surface area (Å²) in [4.78, 5) is 5.29. The maximum Gasteiger partial charge on any atom is 0.0443 e. The third-order valence-electron chi connectivity index (χ3n) is 6.70. The molecule has 1 saturated heterocycles. The maximum absolute atomic E-state index is 2.66. The van der Waals surface area contributed by atoms with Gasteiger partial charge in [0.15, 0.2) is 0 Å². The van der Waals surface area contributed by atoms with E-state index < -0.39 is 0 Å². The summed E-state index contributed by atoms with van der Waals surface area (Å²) in [5, 5.41) is 0. The van der Waals surface area contributed by atoms with Gasteiger partial charge in [0.1, 0.15) is 0 Å². The van der Waals surface area contributed by atoms with Crippen molar-refractivity contribution in [1.82, 2.24) is 4.90 Å². The second-order valence-electron chi connectivity index (χ2n) is 8.49. The fourth-order valence-electron chi connectivity index (χ4n) is 4.64. The molecule has 2 nitrogen and oxygen atoms in total. The number of halogens is 1. The van der Waals surface area contributed by atoms with Crippen molar-refractivity contribution in [3.05, 3.63) is 35.9 Å². The van der Waals surface area contributed by atoms with Crippen LogP contribution in [0.25, 0.3) is 5.57 Å². The van der Waals surface area contributed by atoms with E-state index >= 15 is 0 Å². The zero-order valence-electron chi connectivity index (χ0n) is 16.4. The standard InChI is InChI=1S/C23H34N2.ClH/c1-2-3-6-15-24-16-18-25(19-17-24)22-8-5-4-7-21(22)20-9-11-23(12-10-20)13-14-23;/h4-5,7-9H,2-3,6,10-19H2,1H3;1H. The molecule has 0 bridgehead atoms. The molecular formula is C23H35ClN2. The van der Waals surface area contributed by atoms with E-state index in [2.05, 4.69) is 47.1 Å². The Hall–Kier alpha value is -0.990.